The van der Waals surface area contributed by atoms with Crippen molar-refractivity contribution in [2.24, 2.45) is 29.1 Å². The summed E-state index contributed by atoms with van der Waals surface area (Å²) in [6.07, 6.45) is 5.05. The largest absolute Gasteiger partial charge is 0.394 e. The van der Waals surface area contributed by atoms with Gasteiger partial charge >= 0.3 is 0 Å². The number of carbonyl (C=O) groups is 3. The molecule has 1 saturated heterocycles. The maximum absolute atomic E-state index is 14.0. The summed E-state index contributed by atoms with van der Waals surface area (Å²) in [6, 6.07) is 8.27. The van der Waals surface area contributed by atoms with Crippen LogP contribution in [0.2, 0.25) is 0 Å². The van der Waals surface area contributed by atoms with Crippen LogP contribution in [0.3, 0.4) is 0 Å². The van der Waals surface area contributed by atoms with Gasteiger partial charge in [0.05, 0.1) is 24.5 Å². The molecule has 1 aliphatic heterocycles. The lowest BCUT2D eigenvalue weighted by molar-refractivity contribution is -0.143. The topological polar surface area (TPSA) is 98.7 Å². The molecule has 0 radical (unpaired) electrons. The van der Waals surface area contributed by atoms with Gasteiger partial charge in [0.15, 0.2) is 0 Å². The van der Waals surface area contributed by atoms with Crippen LogP contribution in [0, 0.1) is 29.1 Å². The molecule has 1 aliphatic carbocycles. The van der Waals surface area contributed by atoms with E-state index in [0.29, 0.717) is 6.42 Å². The first-order valence-electron chi connectivity index (χ1n) is 13.0. The van der Waals surface area contributed by atoms with E-state index >= 15 is 0 Å². The molecule has 1 fully saturated rings. The lowest BCUT2D eigenvalue weighted by Gasteiger charge is -2.38. The summed E-state index contributed by atoms with van der Waals surface area (Å²) in [6.45, 7) is 12.0. The van der Waals surface area contributed by atoms with Crippen molar-refractivity contribution in [3.05, 3.63) is 48.0 Å². The molecular formula is C29H43N3O4. The van der Waals surface area contributed by atoms with Crippen molar-refractivity contribution in [3.8, 4) is 0 Å². The highest BCUT2D eigenvalue weighted by Crippen LogP contribution is 2.45. The first-order valence-corrected chi connectivity index (χ1v) is 13.0. The second-order valence-electron chi connectivity index (χ2n) is 12.3. The molecule has 7 heteroatoms. The van der Waals surface area contributed by atoms with E-state index in [0.717, 1.165) is 12.0 Å². The molecule has 198 valence electrons. The normalized spacial score (nSPS) is 26.9. The third-order valence-corrected chi connectivity index (χ3v) is 7.38. The van der Waals surface area contributed by atoms with Crippen LogP contribution >= 0.6 is 0 Å². The van der Waals surface area contributed by atoms with E-state index in [4.69, 9.17) is 0 Å². The molecule has 0 saturated carbocycles. The standard InChI is InChI=1S/C29H43N3O4/c1-18-13-14-21-23(22(18)25(34)30-7)27(36)32(20(16-33)15-19-11-9-8-10-12-19)24(21)26(35)31-29(5,6)17-28(2,3)4/h8-14,18,20-24,33H,15-17H2,1-7H3,(H,30,34)(H,31,35)/t18-,20-,21+,22-,23+,24+/m1/s1. The molecule has 0 unspecified atom stereocenters. The van der Waals surface area contributed by atoms with Crippen LogP contribution in [-0.4, -0.2) is 59.0 Å². The number of benzene rings is 1. The van der Waals surface area contributed by atoms with Gasteiger partial charge < -0.3 is 20.6 Å². The van der Waals surface area contributed by atoms with Crippen LogP contribution in [0.25, 0.3) is 0 Å². The number of carbonyl (C=O) groups excluding carboxylic acids is 3. The fourth-order valence-electron chi connectivity index (χ4n) is 6.42. The highest BCUT2D eigenvalue weighted by atomic mass is 16.3. The number of nitrogens with zero attached hydrogens (tertiary/aromatic N) is 1. The zero-order chi connectivity index (χ0) is 26.8. The molecule has 1 aromatic rings. The summed E-state index contributed by atoms with van der Waals surface area (Å²) < 4.78 is 0. The Morgan fingerprint density at radius 1 is 1.06 bits per heavy atom. The molecule has 2 aliphatic rings. The van der Waals surface area contributed by atoms with Crippen LogP contribution in [0.5, 0.6) is 0 Å². The van der Waals surface area contributed by atoms with Crippen LogP contribution in [-0.2, 0) is 20.8 Å². The van der Waals surface area contributed by atoms with E-state index in [1.54, 1.807) is 11.9 Å². The number of likely N-dealkylation sites (tertiary alicyclic amines) is 1. The van der Waals surface area contributed by atoms with Gasteiger partial charge in [-0.3, -0.25) is 14.4 Å². The molecule has 36 heavy (non-hydrogen) atoms. The molecular weight excluding hydrogens is 454 g/mol. The third kappa shape index (κ3) is 6.00. The first kappa shape index (κ1) is 27.9. The minimum atomic E-state index is -0.807. The number of allylic oxidation sites excluding steroid dienone is 1. The number of aliphatic hydroxyl groups excluding tert-OH is 1. The fourth-order valence-corrected chi connectivity index (χ4v) is 6.42. The molecule has 0 aromatic heterocycles. The summed E-state index contributed by atoms with van der Waals surface area (Å²) in [5.74, 6) is -2.51. The second-order valence-corrected chi connectivity index (χ2v) is 12.3. The third-order valence-electron chi connectivity index (χ3n) is 7.38. The average Bonchev–Trinajstić information content (AvgIpc) is 3.08. The van der Waals surface area contributed by atoms with Gasteiger partial charge in [0.1, 0.15) is 6.04 Å². The lowest BCUT2D eigenvalue weighted by Crippen LogP contribution is -2.57. The number of rotatable bonds is 8. The maximum Gasteiger partial charge on any atom is 0.243 e. The van der Waals surface area contributed by atoms with Gasteiger partial charge in [-0.25, -0.2) is 0 Å². The van der Waals surface area contributed by atoms with Crippen LogP contribution in [0.4, 0.5) is 0 Å². The number of amides is 3. The van der Waals surface area contributed by atoms with Crippen molar-refractivity contribution in [2.75, 3.05) is 13.7 Å². The quantitative estimate of drug-likeness (QED) is 0.481. The molecule has 3 amide bonds. The van der Waals surface area contributed by atoms with Crippen LogP contribution in [0.1, 0.15) is 53.5 Å². The number of hydrogen-bond acceptors (Lipinski definition) is 4. The number of fused-ring (bicyclic) bond motifs is 1. The lowest BCUT2D eigenvalue weighted by atomic mass is 9.70. The van der Waals surface area contributed by atoms with E-state index in [2.05, 4.69) is 31.4 Å². The van der Waals surface area contributed by atoms with Crippen LogP contribution < -0.4 is 10.6 Å². The van der Waals surface area contributed by atoms with E-state index in [1.165, 1.54) is 0 Å². The zero-order valence-corrected chi connectivity index (χ0v) is 22.7. The van der Waals surface area contributed by atoms with E-state index in [9.17, 15) is 19.5 Å². The average molecular weight is 498 g/mol. The van der Waals surface area contributed by atoms with Crippen molar-refractivity contribution in [1.82, 2.24) is 15.5 Å². The summed E-state index contributed by atoms with van der Waals surface area (Å²) in [5.41, 5.74) is 0.469. The van der Waals surface area contributed by atoms with Crippen molar-refractivity contribution in [1.29, 1.82) is 0 Å². The van der Waals surface area contributed by atoms with Crippen molar-refractivity contribution in [3.63, 3.8) is 0 Å². The number of nitrogens with one attached hydrogen (secondary N) is 2. The Kier molecular flexibility index (Phi) is 8.33. The predicted octanol–water partition coefficient (Wildman–Crippen LogP) is 2.93. The Hall–Kier alpha value is -2.67. The summed E-state index contributed by atoms with van der Waals surface area (Å²) >= 11 is 0. The van der Waals surface area contributed by atoms with Gasteiger partial charge in [-0.2, -0.15) is 0 Å². The van der Waals surface area contributed by atoms with Crippen LogP contribution in [0.15, 0.2) is 42.5 Å². The smallest absolute Gasteiger partial charge is 0.243 e. The molecule has 3 N–H and O–H groups in total. The minimum absolute atomic E-state index is 0.00404. The van der Waals surface area contributed by atoms with Gasteiger partial charge in [-0.1, -0.05) is 70.2 Å². The van der Waals surface area contributed by atoms with Gasteiger partial charge in [0, 0.05) is 18.5 Å². The second kappa shape index (κ2) is 10.8. The summed E-state index contributed by atoms with van der Waals surface area (Å²) in [4.78, 5) is 42.4. The predicted molar refractivity (Wildman–Crippen MR) is 141 cm³/mol. The zero-order valence-electron chi connectivity index (χ0n) is 22.7. The number of hydrogen-bond donors (Lipinski definition) is 3. The molecule has 0 spiro atoms. The molecule has 1 aromatic carbocycles. The Bertz CT molecular complexity index is 982. The fraction of sp³-hybridized carbons (Fsp3) is 0.621. The summed E-state index contributed by atoms with van der Waals surface area (Å²) in [7, 11) is 1.57. The molecule has 0 bridgehead atoms. The SMILES string of the molecule is CNC(=O)[C@H]1[C@H]2C(=O)N([C@@H](CO)Cc3ccccc3)[C@H](C(=O)NC(C)(C)CC(C)(C)C)[C@H]2C=C[C@H]1C. The van der Waals surface area contributed by atoms with Crippen molar-refractivity contribution < 1.29 is 19.5 Å². The first-order chi connectivity index (χ1) is 16.8. The van der Waals surface area contributed by atoms with E-state index in [-0.39, 0.29) is 35.7 Å². The van der Waals surface area contributed by atoms with Gasteiger partial charge in [-0.05, 0) is 43.6 Å². The molecule has 6 atom stereocenters. The van der Waals surface area contributed by atoms with E-state index in [1.807, 2.05) is 63.3 Å². The molecule has 7 nitrogen and oxygen atoms in total. The highest BCUT2D eigenvalue weighted by Gasteiger charge is 2.58. The monoisotopic (exact) mass is 497 g/mol. The van der Waals surface area contributed by atoms with Crippen molar-refractivity contribution in [2.45, 2.75) is 72.0 Å². The molecule has 3 rings (SSSR count). The Morgan fingerprint density at radius 2 is 1.69 bits per heavy atom. The van der Waals surface area contributed by atoms with Gasteiger partial charge in [0.2, 0.25) is 17.7 Å². The Balaban J connectivity index is 2.03. The number of aliphatic hydroxyl groups is 1. The van der Waals surface area contributed by atoms with Gasteiger partial charge in [-0.15, -0.1) is 0 Å². The highest BCUT2D eigenvalue weighted by molar-refractivity contribution is 5.97. The molecule has 1 heterocycles. The Morgan fingerprint density at radius 3 is 2.25 bits per heavy atom. The maximum atomic E-state index is 14.0. The van der Waals surface area contributed by atoms with Gasteiger partial charge in [0.25, 0.3) is 0 Å². The summed E-state index contributed by atoms with van der Waals surface area (Å²) in [5, 5.41) is 16.3. The van der Waals surface area contributed by atoms with Crippen molar-refractivity contribution >= 4 is 17.7 Å². The van der Waals surface area contributed by atoms with E-state index < -0.39 is 35.4 Å². The Labute approximate surface area is 215 Å². The minimum Gasteiger partial charge on any atom is -0.394 e.